The van der Waals surface area contributed by atoms with E-state index < -0.39 is 12.2 Å². The van der Waals surface area contributed by atoms with Crippen LogP contribution in [0.2, 0.25) is 0 Å². The zero-order chi connectivity index (χ0) is 25.5. The molecule has 12 atom stereocenters. The van der Waals surface area contributed by atoms with E-state index in [1.54, 1.807) is 0 Å². The number of epoxide rings is 1. The summed E-state index contributed by atoms with van der Waals surface area (Å²) in [6, 6.07) is 0. The molecule has 2 aliphatic heterocycles. The SMILES string of the molecule is O=C(OCC1CCC(O)C(OC2CCC(COC(=O)C3CCC4SC4C3)CC2O)C1)C1CCC2OC2C1. The highest BCUT2D eigenvalue weighted by Gasteiger charge is 2.47. The van der Waals surface area contributed by atoms with Gasteiger partial charge in [0.25, 0.3) is 0 Å². The van der Waals surface area contributed by atoms with Crippen molar-refractivity contribution < 1.29 is 38.7 Å². The second-order valence-electron chi connectivity index (χ2n) is 12.4. The van der Waals surface area contributed by atoms with E-state index in [-0.39, 0.29) is 53.9 Å². The van der Waals surface area contributed by atoms with Gasteiger partial charge in [-0.05, 0) is 88.9 Å². The van der Waals surface area contributed by atoms with E-state index in [1.807, 2.05) is 11.8 Å². The minimum atomic E-state index is -0.638. The van der Waals surface area contributed by atoms with Crippen LogP contribution in [0.25, 0.3) is 0 Å². The van der Waals surface area contributed by atoms with Gasteiger partial charge in [-0.15, -0.1) is 0 Å². The molecule has 4 aliphatic carbocycles. The summed E-state index contributed by atoms with van der Waals surface area (Å²) in [7, 11) is 0. The molecule has 0 aromatic carbocycles. The fraction of sp³-hybridized carbons (Fsp3) is 0.929. The van der Waals surface area contributed by atoms with Crippen molar-refractivity contribution in [3.05, 3.63) is 0 Å². The van der Waals surface area contributed by atoms with Gasteiger partial charge >= 0.3 is 11.9 Å². The summed E-state index contributed by atoms with van der Waals surface area (Å²) in [5.74, 6) is 0.105. The predicted octanol–water partition coefficient (Wildman–Crippen LogP) is 3.00. The molecule has 0 spiro atoms. The average Bonchev–Trinajstić information content (AvgIpc) is 3.82. The van der Waals surface area contributed by atoms with Gasteiger partial charge in [0, 0.05) is 10.5 Å². The Morgan fingerprint density at radius 1 is 0.676 bits per heavy atom. The monoisotopic (exact) mass is 538 g/mol. The van der Waals surface area contributed by atoms with E-state index in [4.69, 9.17) is 18.9 Å². The summed E-state index contributed by atoms with van der Waals surface area (Å²) in [6.45, 7) is 0.729. The summed E-state index contributed by atoms with van der Waals surface area (Å²) >= 11 is 1.99. The Hall–Kier alpha value is -0.870. The number of carbonyl (C=O) groups is 2. The Morgan fingerprint density at radius 2 is 1.38 bits per heavy atom. The topological polar surface area (TPSA) is 115 Å². The van der Waals surface area contributed by atoms with E-state index in [0.29, 0.717) is 50.3 Å². The standard InChI is InChI=1S/C28H42O8S/c29-19-5-1-16(14-34-27(31)17-3-7-22-24(11-17)36-22)10-23(19)35-21-6-2-15(9-20(21)30)13-33-28(32)18-4-8-25-26(12-18)37-25/h15-26,29-30H,1-14H2. The minimum absolute atomic E-state index is 0.0445. The van der Waals surface area contributed by atoms with Crippen molar-refractivity contribution in [1.29, 1.82) is 0 Å². The quantitative estimate of drug-likeness (QED) is 0.355. The van der Waals surface area contributed by atoms with E-state index in [2.05, 4.69) is 0 Å². The van der Waals surface area contributed by atoms with Crippen LogP contribution in [0.15, 0.2) is 0 Å². The van der Waals surface area contributed by atoms with E-state index in [1.165, 1.54) is 0 Å². The highest BCUT2D eigenvalue weighted by molar-refractivity contribution is 8.07. The molecule has 0 amide bonds. The number of carbonyl (C=O) groups excluding carboxylic acids is 2. The first-order valence-corrected chi connectivity index (χ1v) is 15.5. The van der Waals surface area contributed by atoms with Gasteiger partial charge in [-0.25, -0.2) is 0 Å². The van der Waals surface area contributed by atoms with Crippen LogP contribution in [0.1, 0.15) is 77.0 Å². The molecule has 2 heterocycles. The molecule has 6 fully saturated rings. The average molecular weight is 539 g/mol. The smallest absolute Gasteiger partial charge is 0.309 e. The summed E-state index contributed by atoms with van der Waals surface area (Å²) < 4.78 is 23.1. The molecule has 9 heteroatoms. The van der Waals surface area contributed by atoms with Crippen molar-refractivity contribution in [2.45, 2.75) is 124 Å². The van der Waals surface area contributed by atoms with E-state index in [9.17, 15) is 19.8 Å². The lowest BCUT2D eigenvalue weighted by Gasteiger charge is -2.39. The molecule has 2 N–H and O–H groups in total. The van der Waals surface area contributed by atoms with Gasteiger partial charge in [-0.3, -0.25) is 9.59 Å². The Morgan fingerprint density at radius 3 is 2.11 bits per heavy atom. The molecular weight excluding hydrogens is 496 g/mol. The Kier molecular flexibility index (Phi) is 8.06. The molecule has 0 bridgehead atoms. The molecule has 0 aromatic rings. The summed E-state index contributed by atoms with van der Waals surface area (Å²) in [5, 5.41) is 22.8. The molecule has 4 saturated carbocycles. The molecule has 208 valence electrons. The van der Waals surface area contributed by atoms with Crippen molar-refractivity contribution in [2.75, 3.05) is 13.2 Å². The number of aliphatic hydroxyl groups is 2. The van der Waals surface area contributed by atoms with Gasteiger partial charge in [0.15, 0.2) is 0 Å². The third kappa shape index (κ3) is 6.48. The van der Waals surface area contributed by atoms with Gasteiger partial charge in [0.2, 0.25) is 0 Å². The Labute approximate surface area is 223 Å². The number of thioether (sulfide) groups is 1. The Bertz CT molecular complexity index is 839. The van der Waals surface area contributed by atoms with Crippen molar-refractivity contribution in [2.24, 2.45) is 23.7 Å². The second-order valence-corrected chi connectivity index (χ2v) is 13.9. The molecule has 12 unspecified atom stereocenters. The molecule has 2 saturated heterocycles. The van der Waals surface area contributed by atoms with Crippen LogP contribution < -0.4 is 0 Å². The highest BCUT2D eigenvalue weighted by atomic mass is 32.2. The lowest BCUT2D eigenvalue weighted by atomic mass is 9.83. The number of ether oxygens (including phenoxy) is 4. The van der Waals surface area contributed by atoms with E-state index >= 15 is 0 Å². The fourth-order valence-corrected chi connectivity index (χ4v) is 8.32. The molecule has 8 nitrogen and oxygen atoms in total. The number of hydrogen-bond acceptors (Lipinski definition) is 9. The maximum Gasteiger partial charge on any atom is 0.309 e. The minimum Gasteiger partial charge on any atom is -0.465 e. The third-order valence-electron chi connectivity index (χ3n) is 9.68. The van der Waals surface area contributed by atoms with Gasteiger partial charge in [0.1, 0.15) is 0 Å². The first-order valence-electron chi connectivity index (χ1n) is 14.6. The maximum absolute atomic E-state index is 12.5. The van der Waals surface area contributed by atoms with Gasteiger partial charge in [-0.2, -0.15) is 11.8 Å². The summed E-state index contributed by atoms with van der Waals surface area (Å²) in [6.07, 6.45) is 8.40. The third-order valence-corrected chi connectivity index (χ3v) is 11.1. The van der Waals surface area contributed by atoms with Crippen LogP contribution >= 0.6 is 11.8 Å². The fourth-order valence-electron chi connectivity index (χ4n) is 7.10. The summed E-state index contributed by atoms with van der Waals surface area (Å²) in [5.41, 5.74) is 0. The van der Waals surface area contributed by atoms with Crippen LogP contribution in [0.5, 0.6) is 0 Å². The molecule has 6 aliphatic rings. The molecule has 0 radical (unpaired) electrons. The van der Waals surface area contributed by atoms with E-state index in [0.717, 1.165) is 56.6 Å². The van der Waals surface area contributed by atoms with Crippen molar-refractivity contribution in [1.82, 2.24) is 0 Å². The second kappa shape index (κ2) is 11.3. The van der Waals surface area contributed by atoms with Gasteiger partial charge < -0.3 is 29.2 Å². The van der Waals surface area contributed by atoms with Crippen molar-refractivity contribution in [3.63, 3.8) is 0 Å². The lowest BCUT2D eigenvalue weighted by Crippen LogP contribution is -2.45. The lowest BCUT2D eigenvalue weighted by molar-refractivity contribution is -0.165. The number of hydrogen-bond donors (Lipinski definition) is 2. The van der Waals surface area contributed by atoms with Gasteiger partial charge in [0.05, 0.1) is 61.7 Å². The van der Waals surface area contributed by atoms with Crippen molar-refractivity contribution >= 4 is 23.7 Å². The van der Waals surface area contributed by atoms with Crippen molar-refractivity contribution in [3.8, 4) is 0 Å². The molecule has 6 rings (SSSR count). The number of esters is 2. The van der Waals surface area contributed by atoms with Crippen LogP contribution in [0.4, 0.5) is 0 Å². The number of aliphatic hydroxyl groups excluding tert-OH is 2. The van der Waals surface area contributed by atoms with Crippen LogP contribution in [0, 0.1) is 23.7 Å². The molecule has 0 aromatic heterocycles. The zero-order valence-corrected chi connectivity index (χ0v) is 22.4. The predicted molar refractivity (Wildman–Crippen MR) is 136 cm³/mol. The highest BCUT2D eigenvalue weighted by Crippen LogP contribution is 2.52. The zero-order valence-electron chi connectivity index (χ0n) is 21.6. The van der Waals surface area contributed by atoms with Crippen LogP contribution in [-0.4, -0.2) is 82.5 Å². The first kappa shape index (κ1) is 26.4. The number of fused-ring (bicyclic) bond motifs is 2. The molecular formula is C28H42O8S. The summed E-state index contributed by atoms with van der Waals surface area (Å²) in [4.78, 5) is 25.0. The van der Waals surface area contributed by atoms with Crippen LogP contribution in [0.3, 0.4) is 0 Å². The first-order chi connectivity index (χ1) is 17.9. The number of rotatable bonds is 8. The Balaban J connectivity index is 0.906. The van der Waals surface area contributed by atoms with Crippen LogP contribution in [-0.2, 0) is 28.5 Å². The maximum atomic E-state index is 12.5. The van der Waals surface area contributed by atoms with Gasteiger partial charge in [-0.1, -0.05) is 0 Å². The molecule has 37 heavy (non-hydrogen) atoms. The normalized spacial score (nSPS) is 46.8. The largest absolute Gasteiger partial charge is 0.465 e.